The zero-order valence-corrected chi connectivity index (χ0v) is 21.5. The highest BCUT2D eigenvalue weighted by Gasteiger charge is 2.63. The molecule has 0 aliphatic rings. The van der Waals surface area contributed by atoms with Crippen LogP contribution >= 0.6 is 27.5 Å². The molecule has 1 N–H and O–H groups in total. The lowest BCUT2D eigenvalue weighted by Crippen LogP contribution is -2.62. The predicted molar refractivity (Wildman–Crippen MR) is 137 cm³/mol. The van der Waals surface area contributed by atoms with E-state index in [4.69, 9.17) is 25.8 Å². The van der Waals surface area contributed by atoms with Gasteiger partial charge >= 0.3 is 11.9 Å². The summed E-state index contributed by atoms with van der Waals surface area (Å²) in [5, 5.41) is 12.5. The van der Waals surface area contributed by atoms with Crippen LogP contribution in [0.15, 0.2) is 89.4 Å². The second kappa shape index (κ2) is 11.6. The molecule has 8 heteroatoms. The van der Waals surface area contributed by atoms with Crippen LogP contribution in [0.5, 0.6) is 0 Å². The standard InChI is InChI=1S/C27H24BrClO6/c1-33-24(30)26(32,17-16-19-10-14-23(29)15-11-19)27(25(31)34-2,21-6-4-3-5-7-21)35-18-20-8-12-22(28)13-9-20/h3-17,32H,18H2,1-2H3/b17-16+/t26-,27+/m0/s1. The van der Waals surface area contributed by atoms with Crippen molar-refractivity contribution < 1.29 is 28.9 Å². The smallest absolute Gasteiger partial charge is 0.346 e. The summed E-state index contributed by atoms with van der Waals surface area (Å²) < 4.78 is 17.1. The minimum Gasteiger partial charge on any atom is -0.467 e. The van der Waals surface area contributed by atoms with Crippen LogP contribution < -0.4 is 0 Å². The van der Waals surface area contributed by atoms with Crippen molar-refractivity contribution in [2.24, 2.45) is 0 Å². The van der Waals surface area contributed by atoms with Gasteiger partial charge in [0.1, 0.15) is 0 Å². The molecule has 0 bridgehead atoms. The topological polar surface area (TPSA) is 82.1 Å². The number of halogens is 2. The van der Waals surface area contributed by atoms with Crippen molar-refractivity contribution in [3.8, 4) is 0 Å². The molecule has 0 saturated carbocycles. The van der Waals surface area contributed by atoms with Gasteiger partial charge in [-0.25, -0.2) is 9.59 Å². The zero-order chi connectivity index (χ0) is 25.5. The summed E-state index contributed by atoms with van der Waals surface area (Å²) in [5.74, 6) is -2.08. The normalized spacial score (nSPS) is 14.7. The number of esters is 2. The zero-order valence-electron chi connectivity index (χ0n) is 19.1. The third-order valence-electron chi connectivity index (χ3n) is 5.44. The number of hydrogen-bond acceptors (Lipinski definition) is 6. The van der Waals surface area contributed by atoms with Gasteiger partial charge in [0.05, 0.1) is 20.8 Å². The maximum atomic E-state index is 13.5. The Labute approximate surface area is 217 Å². The van der Waals surface area contributed by atoms with Gasteiger partial charge in [0.2, 0.25) is 11.2 Å². The minimum atomic E-state index is -2.61. The van der Waals surface area contributed by atoms with Gasteiger partial charge in [0.25, 0.3) is 0 Å². The van der Waals surface area contributed by atoms with E-state index in [-0.39, 0.29) is 12.2 Å². The van der Waals surface area contributed by atoms with E-state index >= 15 is 0 Å². The summed E-state index contributed by atoms with van der Waals surface area (Å²) >= 11 is 9.35. The molecule has 0 radical (unpaired) electrons. The summed E-state index contributed by atoms with van der Waals surface area (Å²) in [6.45, 7) is -0.120. The van der Waals surface area contributed by atoms with Crippen LogP contribution in [0.25, 0.3) is 6.08 Å². The largest absolute Gasteiger partial charge is 0.467 e. The lowest BCUT2D eigenvalue weighted by molar-refractivity contribution is -0.218. The average Bonchev–Trinajstić information content (AvgIpc) is 2.89. The summed E-state index contributed by atoms with van der Waals surface area (Å²) in [4.78, 5) is 26.6. The van der Waals surface area contributed by atoms with E-state index in [9.17, 15) is 14.7 Å². The monoisotopic (exact) mass is 558 g/mol. The molecule has 0 unspecified atom stereocenters. The fourth-order valence-electron chi connectivity index (χ4n) is 3.61. The Balaban J connectivity index is 2.21. The average molecular weight is 560 g/mol. The van der Waals surface area contributed by atoms with Crippen molar-refractivity contribution in [1.82, 2.24) is 0 Å². The number of benzene rings is 3. The highest BCUT2D eigenvalue weighted by atomic mass is 79.9. The molecule has 2 atom stereocenters. The summed E-state index contributed by atoms with van der Waals surface area (Å²) in [5.41, 5.74) is -3.38. The number of ether oxygens (including phenoxy) is 3. The molecule has 3 rings (SSSR count). The van der Waals surface area contributed by atoms with Crippen molar-refractivity contribution in [1.29, 1.82) is 0 Å². The van der Waals surface area contributed by atoms with E-state index in [1.807, 2.05) is 12.1 Å². The molecule has 0 aliphatic heterocycles. The minimum absolute atomic E-state index is 0.120. The van der Waals surface area contributed by atoms with E-state index in [1.54, 1.807) is 66.7 Å². The van der Waals surface area contributed by atoms with Gasteiger partial charge in [-0.05, 0) is 47.0 Å². The van der Waals surface area contributed by atoms with E-state index in [0.29, 0.717) is 16.1 Å². The Morgan fingerprint density at radius 3 is 2.09 bits per heavy atom. The van der Waals surface area contributed by atoms with Crippen molar-refractivity contribution >= 4 is 45.5 Å². The number of carbonyl (C=O) groups excluding carboxylic acids is 2. The molecule has 0 spiro atoms. The molecule has 3 aromatic carbocycles. The van der Waals surface area contributed by atoms with Crippen LogP contribution in [-0.2, 0) is 36.0 Å². The Hall–Kier alpha value is -2.97. The van der Waals surface area contributed by atoms with Gasteiger partial charge in [-0.2, -0.15) is 0 Å². The molecule has 0 heterocycles. The van der Waals surface area contributed by atoms with Gasteiger partial charge in [-0.15, -0.1) is 0 Å². The first kappa shape index (κ1) is 26.6. The lowest BCUT2D eigenvalue weighted by atomic mass is 9.76. The van der Waals surface area contributed by atoms with Crippen LogP contribution in [0, 0.1) is 0 Å². The number of methoxy groups -OCH3 is 2. The molecule has 3 aromatic rings. The second-order valence-electron chi connectivity index (χ2n) is 7.60. The molecular formula is C27H24BrClO6. The number of aliphatic hydroxyl groups is 1. The molecule has 0 aliphatic carbocycles. The first-order valence-electron chi connectivity index (χ1n) is 10.5. The van der Waals surface area contributed by atoms with Gasteiger partial charge in [0, 0.05) is 9.50 Å². The quantitative estimate of drug-likeness (QED) is 0.358. The summed E-state index contributed by atoms with van der Waals surface area (Å²) in [6, 6.07) is 22.1. The van der Waals surface area contributed by atoms with Crippen LogP contribution in [-0.4, -0.2) is 36.9 Å². The lowest BCUT2D eigenvalue weighted by Gasteiger charge is -2.41. The van der Waals surface area contributed by atoms with E-state index in [0.717, 1.165) is 18.7 Å². The van der Waals surface area contributed by atoms with Crippen molar-refractivity contribution in [3.63, 3.8) is 0 Å². The second-order valence-corrected chi connectivity index (χ2v) is 8.95. The fourth-order valence-corrected chi connectivity index (χ4v) is 4.00. The molecule has 6 nitrogen and oxygen atoms in total. The van der Waals surface area contributed by atoms with E-state index < -0.39 is 23.1 Å². The highest BCUT2D eigenvalue weighted by molar-refractivity contribution is 9.10. The Kier molecular flexibility index (Phi) is 8.86. The molecule has 0 aromatic heterocycles. The molecule has 0 fully saturated rings. The first-order chi connectivity index (χ1) is 16.8. The first-order valence-corrected chi connectivity index (χ1v) is 11.7. The molecule has 182 valence electrons. The summed E-state index contributed by atoms with van der Waals surface area (Å²) in [7, 11) is 2.27. The van der Waals surface area contributed by atoms with Gasteiger partial charge in [-0.3, -0.25) is 0 Å². The third-order valence-corrected chi connectivity index (χ3v) is 6.22. The highest BCUT2D eigenvalue weighted by Crippen LogP contribution is 2.42. The van der Waals surface area contributed by atoms with Crippen LogP contribution in [0.2, 0.25) is 5.02 Å². The van der Waals surface area contributed by atoms with Crippen molar-refractivity contribution in [2.45, 2.75) is 17.8 Å². The van der Waals surface area contributed by atoms with Gasteiger partial charge in [0.15, 0.2) is 0 Å². The van der Waals surface area contributed by atoms with E-state index in [2.05, 4.69) is 15.9 Å². The fraction of sp³-hybridized carbons (Fsp3) is 0.185. The number of carbonyl (C=O) groups is 2. The van der Waals surface area contributed by atoms with Gasteiger partial charge in [-0.1, -0.05) is 88.2 Å². The maximum absolute atomic E-state index is 13.5. The predicted octanol–water partition coefficient (Wildman–Crippen LogP) is 5.31. The van der Waals surface area contributed by atoms with Crippen molar-refractivity contribution in [2.75, 3.05) is 14.2 Å². The molecular weight excluding hydrogens is 536 g/mol. The SMILES string of the molecule is COC(=O)[C@@](O)(/C=C/c1ccc(Cl)cc1)[C@](OCc1ccc(Br)cc1)(C(=O)OC)c1ccccc1. The van der Waals surface area contributed by atoms with Crippen LogP contribution in [0.3, 0.4) is 0 Å². The Morgan fingerprint density at radius 1 is 0.914 bits per heavy atom. The Morgan fingerprint density at radius 2 is 1.51 bits per heavy atom. The maximum Gasteiger partial charge on any atom is 0.346 e. The molecule has 0 amide bonds. The van der Waals surface area contributed by atoms with Gasteiger partial charge < -0.3 is 19.3 Å². The van der Waals surface area contributed by atoms with Crippen LogP contribution in [0.4, 0.5) is 0 Å². The third kappa shape index (κ3) is 5.65. The Bertz CT molecular complexity index is 1180. The molecule has 35 heavy (non-hydrogen) atoms. The van der Waals surface area contributed by atoms with E-state index in [1.165, 1.54) is 12.2 Å². The number of rotatable bonds is 9. The summed E-state index contributed by atoms with van der Waals surface area (Å²) in [6.07, 6.45) is 2.66. The number of hydrogen-bond donors (Lipinski definition) is 1. The molecule has 0 saturated heterocycles. The van der Waals surface area contributed by atoms with Crippen molar-refractivity contribution in [3.05, 3.63) is 111 Å². The van der Waals surface area contributed by atoms with Crippen LogP contribution in [0.1, 0.15) is 16.7 Å².